The average molecular weight is 419 g/mol. The summed E-state index contributed by atoms with van der Waals surface area (Å²) < 4.78 is 1.90. The number of fused-ring (bicyclic) bond motifs is 4. The highest BCUT2D eigenvalue weighted by Gasteiger charge is 2.37. The van der Waals surface area contributed by atoms with Crippen LogP contribution in [0.1, 0.15) is 61.3 Å². The van der Waals surface area contributed by atoms with E-state index in [-0.39, 0.29) is 29.2 Å². The van der Waals surface area contributed by atoms with Crippen LogP contribution in [0.3, 0.4) is 0 Å². The van der Waals surface area contributed by atoms with Crippen LogP contribution in [0.5, 0.6) is 0 Å². The zero-order valence-electron chi connectivity index (χ0n) is 18.1. The van der Waals surface area contributed by atoms with Crippen molar-refractivity contribution in [3.8, 4) is 0 Å². The molecule has 0 unspecified atom stereocenters. The van der Waals surface area contributed by atoms with E-state index >= 15 is 0 Å². The van der Waals surface area contributed by atoms with Gasteiger partial charge < -0.3 is 9.47 Å². The summed E-state index contributed by atoms with van der Waals surface area (Å²) in [5.74, 6) is 1.12. The summed E-state index contributed by atoms with van der Waals surface area (Å²) in [5.41, 5.74) is 3.34. The second kappa shape index (κ2) is 8.10. The Morgan fingerprint density at radius 3 is 2.61 bits per heavy atom. The van der Waals surface area contributed by atoms with Crippen LogP contribution in [0.4, 0.5) is 0 Å². The molecular formula is C26H30N2O3. The quantitative estimate of drug-likeness (QED) is 0.764. The number of hydrogen-bond donors (Lipinski definition) is 0. The number of benzene rings is 1. The maximum absolute atomic E-state index is 13.3. The monoisotopic (exact) mass is 418 g/mol. The number of hydrogen-bond acceptors (Lipinski definition) is 3. The van der Waals surface area contributed by atoms with E-state index in [0.717, 1.165) is 49.9 Å². The number of pyridine rings is 1. The van der Waals surface area contributed by atoms with Crippen molar-refractivity contribution in [2.45, 2.75) is 57.4 Å². The maximum Gasteiger partial charge on any atom is 0.250 e. The van der Waals surface area contributed by atoms with Crippen LogP contribution in [0, 0.1) is 11.8 Å². The average Bonchev–Trinajstić information content (AvgIpc) is 3.18. The van der Waals surface area contributed by atoms with Gasteiger partial charge >= 0.3 is 0 Å². The molecule has 1 aromatic carbocycles. The van der Waals surface area contributed by atoms with Gasteiger partial charge in [-0.25, -0.2) is 0 Å². The van der Waals surface area contributed by atoms with Crippen LogP contribution < -0.4 is 5.56 Å². The van der Waals surface area contributed by atoms with Crippen LogP contribution in [0.25, 0.3) is 0 Å². The standard InChI is InChI=1S/C26H30N2O3/c1-17(20-10-8-18(9-11-20)12-21-4-2-6-24(21)29)26(31)27-14-19-13-22(16-27)23-5-3-7-25(30)28(23)15-19/h3,5,7-11,17,19,21-22H,2,4,6,12-16H2,1H3/t17-,19-,21-,22+/m1/s1. The minimum atomic E-state index is -0.195. The van der Waals surface area contributed by atoms with Gasteiger partial charge in [-0.15, -0.1) is 0 Å². The van der Waals surface area contributed by atoms with Crippen LogP contribution in [0.2, 0.25) is 0 Å². The number of rotatable bonds is 4. The molecule has 5 nitrogen and oxygen atoms in total. The lowest BCUT2D eigenvalue weighted by molar-refractivity contribution is -0.135. The molecule has 1 aliphatic carbocycles. The summed E-state index contributed by atoms with van der Waals surface area (Å²) >= 11 is 0. The molecule has 0 N–H and O–H groups in total. The van der Waals surface area contributed by atoms with E-state index in [0.29, 0.717) is 24.8 Å². The minimum absolute atomic E-state index is 0.0692. The highest BCUT2D eigenvalue weighted by Crippen LogP contribution is 2.36. The molecule has 2 bridgehead atoms. The molecule has 0 spiro atoms. The summed E-state index contributed by atoms with van der Waals surface area (Å²) in [5, 5.41) is 0. The third-order valence-corrected chi connectivity index (χ3v) is 7.55. The second-order valence-electron chi connectivity index (χ2n) is 9.66. The van der Waals surface area contributed by atoms with Crippen molar-refractivity contribution in [1.29, 1.82) is 0 Å². The van der Waals surface area contributed by atoms with Gasteiger partial charge in [-0.3, -0.25) is 14.4 Å². The zero-order valence-corrected chi connectivity index (χ0v) is 18.1. The van der Waals surface area contributed by atoms with Crippen molar-refractivity contribution in [2.75, 3.05) is 13.1 Å². The van der Waals surface area contributed by atoms with E-state index in [9.17, 15) is 14.4 Å². The van der Waals surface area contributed by atoms with E-state index in [4.69, 9.17) is 0 Å². The Balaban J connectivity index is 1.27. The Bertz CT molecular complexity index is 1060. The second-order valence-corrected chi connectivity index (χ2v) is 9.66. The first-order chi connectivity index (χ1) is 15.0. The SMILES string of the molecule is C[C@@H](C(=O)N1C[C@H]2C[C@@H](C1)c1cccc(=O)n1C2)c1ccc(C[C@H]2CCCC2=O)cc1. The molecule has 4 atom stereocenters. The maximum atomic E-state index is 13.3. The largest absolute Gasteiger partial charge is 0.341 e. The predicted octanol–water partition coefficient (Wildman–Crippen LogP) is 3.51. The minimum Gasteiger partial charge on any atom is -0.341 e. The van der Waals surface area contributed by atoms with Gasteiger partial charge in [0.1, 0.15) is 5.78 Å². The summed E-state index contributed by atoms with van der Waals surface area (Å²) in [4.78, 5) is 39.5. The molecule has 2 aromatic rings. The number of carbonyl (C=O) groups excluding carboxylic acids is 2. The number of ketones is 1. The number of carbonyl (C=O) groups is 2. The van der Waals surface area contributed by atoms with Gasteiger partial charge in [0, 0.05) is 49.7 Å². The number of Topliss-reactive ketones (excluding diaryl/α,β-unsaturated/α-hetero) is 1. The van der Waals surface area contributed by atoms with Gasteiger partial charge in [0.05, 0.1) is 5.92 Å². The van der Waals surface area contributed by atoms with E-state index in [2.05, 4.69) is 24.3 Å². The zero-order chi connectivity index (χ0) is 21.5. The van der Waals surface area contributed by atoms with Crippen molar-refractivity contribution in [2.24, 2.45) is 11.8 Å². The van der Waals surface area contributed by atoms with Gasteiger partial charge in [-0.2, -0.15) is 0 Å². The van der Waals surface area contributed by atoms with E-state index in [1.54, 1.807) is 6.07 Å². The number of amides is 1. The van der Waals surface area contributed by atoms with Crippen LogP contribution in [-0.2, 0) is 22.6 Å². The Kier molecular flexibility index (Phi) is 5.28. The van der Waals surface area contributed by atoms with Crippen molar-refractivity contribution < 1.29 is 9.59 Å². The van der Waals surface area contributed by atoms with E-state index < -0.39 is 0 Å². The Labute approximate surface area is 183 Å². The molecule has 2 fully saturated rings. The first-order valence-electron chi connectivity index (χ1n) is 11.6. The Hall–Kier alpha value is -2.69. The van der Waals surface area contributed by atoms with Gasteiger partial charge in [-0.05, 0) is 55.7 Å². The van der Waals surface area contributed by atoms with Gasteiger partial charge in [-0.1, -0.05) is 30.3 Å². The third-order valence-electron chi connectivity index (χ3n) is 7.55. The molecule has 1 saturated carbocycles. The van der Waals surface area contributed by atoms with Crippen LogP contribution in [0.15, 0.2) is 47.3 Å². The van der Waals surface area contributed by atoms with Crippen molar-refractivity contribution in [1.82, 2.24) is 9.47 Å². The summed E-state index contributed by atoms with van der Waals surface area (Å²) in [6, 6.07) is 13.8. The van der Waals surface area contributed by atoms with E-state index in [1.165, 1.54) is 5.56 Å². The Morgan fingerprint density at radius 1 is 1.06 bits per heavy atom. The lowest BCUT2D eigenvalue weighted by atomic mass is 9.82. The van der Waals surface area contributed by atoms with Crippen molar-refractivity contribution >= 4 is 11.7 Å². The first kappa shape index (κ1) is 20.2. The van der Waals surface area contributed by atoms with Gasteiger partial charge in [0.25, 0.3) is 5.56 Å². The molecule has 3 heterocycles. The first-order valence-corrected chi connectivity index (χ1v) is 11.6. The number of piperidine rings is 1. The summed E-state index contributed by atoms with van der Waals surface area (Å²) in [6.07, 6.45) is 4.61. The normalized spacial score (nSPS) is 25.9. The lowest BCUT2D eigenvalue weighted by Gasteiger charge is -2.43. The molecule has 1 amide bonds. The molecule has 1 aromatic heterocycles. The molecule has 3 aliphatic rings. The Morgan fingerprint density at radius 2 is 1.87 bits per heavy atom. The lowest BCUT2D eigenvalue weighted by Crippen LogP contribution is -2.50. The summed E-state index contributed by atoms with van der Waals surface area (Å²) in [7, 11) is 0. The molecular weight excluding hydrogens is 388 g/mol. The number of nitrogens with zero attached hydrogens (tertiary/aromatic N) is 2. The topological polar surface area (TPSA) is 59.4 Å². The molecule has 5 heteroatoms. The molecule has 2 aliphatic heterocycles. The number of likely N-dealkylation sites (tertiary alicyclic amines) is 1. The summed E-state index contributed by atoms with van der Waals surface area (Å²) in [6.45, 7) is 4.10. The van der Waals surface area contributed by atoms with Gasteiger partial charge in [0.15, 0.2) is 0 Å². The fraction of sp³-hybridized carbons (Fsp3) is 0.500. The van der Waals surface area contributed by atoms with E-state index in [1.807, 2.05) is 28.5 Å². The molecule has 162 valence electrons. The van der Waals surface area contributed by atoms with Crippen molar-refractivity contribution in [3.05, 3.63) is 69.6 Å². The fourth-order valence-electron chi connectivity index (χ4n) is 5.82. The molecule has 31 heavy (non-hydrogen) atoms. The third kappa shape index (κ3) is 3.86. The van der Waals surface area contributed by atoms with Crippen LogP contribution >= 0.6 is 0 Å². The smallest absolute Gasteiger partial charge is 0.250 e. The highest BCUT2D eigenvalue weighted by atomic mass is 16.2. The predicted molar refractivity (Wildman–Crippen MR) is 119 cm³/mol. The van der Waals surface area contributed by atoms with Crippen LogP contribution in [-0.4, -0.2) is 34.2 Å². The van der Waals surface area contributed by atoms with Crippen molar-refractivity contribution in [3.63, 3.8) is 0 Å². The number of aromatic nitrogens is 1. The molecule has 1 saturated heterocycles. The molecule has 0 radical (unpaired) electrons. The van der Waals surface area contributed by atoms with Gasteiger partial charge in [0.2, 0.25) is 5.91 Å². The fourth-order valence-corrected chi connectivity index (χ4v) is 5.82. The molecule has 5 rings (SSSR count). The highest BCUT2D eigenvalue weighted by molar-refractivity contribution is 5.84.